The minimum Gasteiger partial charge on any atom is -0.368 e. The number of benzene rings is 1. The molecule has 0 fully saturated rings. The van der Waals surface area contributed by atoms with Crippen LogP contribution in [0.3, 0.4) is 0 Å². The number of hydrogen-bond donors (Lipinski definition) is 2. The summed E-state index contributed by atoms with van der Waals surface area (Å²) in [4.78, 5) is 13.3. The first-order chi connectivity index (χ1) is 8.41. The Morgan fingerprint density at radius 2 is 2.22 bits per heavy atom. The van der Waals surface area contributed by atoms with Gasteiger partial charge in [-0.1, -0.05) is 17.7 Å². The van der Waals surface area contributed by atoms with Gasteiger partial charge in [-0.25, -0.2) is 4.39 Å². The molecule has 1 unspecified atom stereocenters. The fourth-order valence-electron chi connectivity index (χ4n) is 1.51. The van der Waals surface area contributed by atoms with Crippen molar-refractivity contribution in [1.82, 2.24) is 10.2 Å². The summed E-state index contributed by atoms with van der Waals surface area (Å²) in [6.45, 7) is 1.32. The summed E-state index contributed by atoms with van der Waals surface area (Å²) >= 11 is 5.59. The van der Waals surface area contributed by atoms with Crippen molar-refractivity contribution >= 4 is 17.5 Å². The van der Waals surface area contributed by atoms with Crippen LogP contribution in [0.4, 0.5) is 4.39 Å². The van der Waals surface area contributed by atoms with E-state index in [0.29, 0.717) is 12.1 Å². The maximum atomic E-state index is 13.3. The zero-order chi connectivity index (χ0) is 13.7. The predicted molar refractivity (Wildman–Crippen MR) is 69.9 cm³/mol. The highest BCUT2D eigenvalue weighted by Crippen LogP contribution is 2.20. The van der Waals surface area contributed by atoms with Gasteiger partial charge in [0.1, 0.15) is 11.9 Å². The number of rotatable bonds is 6. The maximum Gasteiger partial charge on any atom is 0.239 e. The lowest BCUT2D eigenvalue weighted by atomic mass is 10.1. The van der Waals surface area contributed by atoms with Crippen molar-refractivity contribution in [2.24, 2.45) is 5.73 Å². The zero-order valence-corrected chi connectivity index (χ0v) is 11.2. The SMILES string of the molecule is CN(C)CCNC(C(N)=O)c1ccc(Cl)c(F)c1. The lowest BCUT2D eigenvalue weighted by Gasteiger charge is -2.18. The molecule has 0 heterocycles. The Morgan fingerprint density at radius 3 is 2.72 bits per heavy atom. The van der Waals surface area contributed by atoms with Gasteiger partial charge in [0.15, 0.2) is 0 Å². The predicted octanol–water partition coefficient (Wildman–Crippen LogP) is 1.16. The molecule has 1 rings (SSSR count). The monoisotopic (exact) mass is 273 g/mol. The Morgan fingerprint density at radius 1 is 1.56 bits per heavy atom. The summed E-state index contributed by atoms with van der Waals surface area (Å²) in [5.74, 6) is -1.11. The van der Waals surface area contributed by atoms with Crippen LogP contribution in [0.2, 0.25) is 5.02 Å². The molecule has 0 saturated heterocycles. The van der Waals surface area contributed by atoms with Gasteiger partial charge in [0.05, 0.1) is 5.02 Å². The highest BCUT2D eigenvalue weighted by Gasteiger charge is 2.18. The van der Waals surface area contributed by atoms with E-state index in [2.05, 4.69) is 5.32 Å². The van der Waals surface area contributed by atoms with Gasteiger partial charge < -0.3 is 16.0 Å². The molecule has 4 nitrogen and oxygen atoms in total. The van der Waals surface area contributed by atoms with Crippen LogP contribution in [0, 0.1) is 5.82 Å². The molecule has 100 valence electrons. The van der Waals surface area contributed by atoms with Gasteiger partial charge >= 0.3 is 0 Å². The number of carbonyl (C=O) groups excluding carboxylic acids is 1. The number of likely N-dealkylation sites (N-methyl/N-ethyl adjacent to an activating group) is 1. The van der Waals surface area contributed by atoms with Crippen LogP contribution in [-0.2, 0) is 4.79 Å². The molecular weight excluding hydrogens is 257 g/mol. The summed E-state index contributed by atoms with van der Waals surface area (Å²) in [6, 6.07) is 3.51. The van der Waals surface area contributed by atoms with Gasteiger partial charge in [-0.3, -0.25) is 4.79 Å². The maximum absolute atomic E-state index is 13.3. The number of nitrogens with zero attached hydrogens (tertiary/aromatic N) is 1. The molecule has 0 saturated carbocycles. The summed E-state index contributed by atoms with van der Waals surface area (Å²) < 4.78 is 13.3. The van der Waals surface area contributed by atoms with E-state index in [1.165, 1.54) is 12.1 Å². The Kier molecular flexibility index (Phi) is 5.53. The van der Waals surface area contributed by atoms with E-state index in [-0.39, 0.29) is 5.02 Å². The van der Waals surface area contributed by atoms with E-state index in [1.54, 1.807) is 6.07 Å². The molecule has 0 aromatic heterocycles. The molecule has 0 aliphatic carbocycles. The average molecular weight is 274 g/mol. The van der Waals surface area contributed by atoms with Crippen molar-refractivity contribution in [2.45, 2.75) is 6.04 Å². The fraction of sp³-hybridized carbons (Fsp3) is 0.417. The molecular formula is C12H17ClFN3O. The first kappa shape index (κ1) is 14.9. The van der Waals surface area contributed by atoms with Crippen molar-refractivity contribution in [3.05, 3.63) is 34.6 Å². The van der Waals surface area contributed by atoms with E-state index >= 15 is 0 Å². The molecule has 1 amide bonds. The Balaban J connectivity index is 2.78. The van der Waals surface area contributed by atoms with Gasteiger partial charge in [-0.15, -0.1) is 0 Å². The number of primary amides is 1. The second-order valence-corrected chi connectivity index (χ2v) is 4.67. The standard InChI is InChI=1S/C12H17ClFN3O/c1-17(2)6-5-16-11(12(15)18)8-3-4-9(13)10(14)7-8/h3-4,7,11,16H,5-6H2,1-2H3,(H2,15,18). The smallest absolute Gasteiger partial charge is 0.239 e. The largest absolute Gasteiger partial charge is 0.368 e. The van der Waals surface area contributed by atoms with Crippen molar-refractivity contribution in [3.8, 4) is 0 Å². The van der Waals surface area contributed by atoms with Crippen molar-refractivity contribution in [1.29, 1.82) is 0 Å². The summed E-state index contributed by atoms with van der Waals surface area (Å²) in [5, 5.41) is 3.01. The van der Waals surface area contributed by atoms with Gasteiger partial charge in [0, 0.05) is 13.1 Å². The molecule has 0 bridgehead atoms. The minimum atomic E-state index is -0.711. The number of hydrogen-bond acceptors (Lipinski definition) is 3. The summed E-state index contributed by atoms with van der Waals surface area (Å²) in [6.07, 6.45) is 0. The van der Waals surface area contributed by atoms with Crippen molar-refractivity contribution in [2.75, 3.05) is 27.2 Å². The highest BCUT2D eigenvalue weighted by atomic mass is 35.5. The van der Waals surface area contributed by atoms with Crippen LogP contribution in [0.25, 0.3) is 0 Å². The van der Waals surface area contributed by atoms with Crippen molar-refractivity contribution in [3.63, 3.8) is 0 Å². The molecule has 6 heteroatoms. The van der Waals surface area contributed by atoms with Gasteiger partial charge in [0.2, 0.25) is 5.91 Å². The molecule has 1 aromatic rings. The Bertz CT molecular complexity index is 426. The van der Waals surface area contributed by atoms with E-state index < -0.39 is 17.8 Å². The number of halogens is 2. The van der Waals surface area contributed by atoms with Crippen LogP contribution in [0.1, 0.15) is 11.6 Å². The van der Waals surface area contributed by atoms with Gasteiger partial charge in [-0.2, -0.15) is 0 Å². The lowest BCUT2D eigenvalue weighted by Crippen LogP contribution is -2.37. The molecule has 0 spiro atoms. The van der Waals surface area contributed by atoms with E-state index in [9.17, 15) is 9.18 Å². The minimum absolute atomic E-state index is 0.0234. The van der Waals surface area contributed by atoms with E-state index in [1.807, 2.05) is 19.0 Å². The molecule has 1 aromatic carbocycles. The first-order valence-electron chi connectivity index (χ1n) is 5.54. The molecule has 18 heavy (non-hydrogen) atoms. The van der Waals surface area contributed by atoms with Crippen LogP contribution >= 0.6 is 11.6 Å². The lowest BCUT2D eigenvalue weighted by molar-refractivity contribution is -0.120. The topological polar surface area (TPSA) is 58.4 Å². The molecule has 1 atom stereocenters. The van der Waals surface area contributed by atoms with E-state index in [4.69, 9.17) is 17.3 Å². The Labute approximate surface area is 111 Å². The van der Waals surface area contributed by atoms with E-state index in [0.717, 1.165) is 6.54 Å². The zero-order valence-electron chi connectivity index (χ0n) is 10.4. The average Bonchev–Trinajstić information content (AvgIpc) is 2.27. The number of nitrogens with two attached hydrogens (primary N) is 1. The Hall–Kier alpha value is -1.17. The number of nitrogens with one attached hydrogen (secondary N) is 1. The van der Waals surface area contributed by atoms with Gasteiger partial charge in [0.25, 0.3) is 0 Å². The third-order valence-corrected chi connectivity index (χ3v) is 2.78. The third kappa shape index (κ3) is 4.25. The fourth-order valence-corrected chi connectivity index (χ4v) is 1.62. The van der Waals surface area contributed by atoms with Crippen LogP contribution in [0.15, 0.2) is 18.2 Å². The number of amides is 1. The highest BCUT2D eigenvalue weighted by molar-refractivity contribution is 6.30. The molecule has 3 N–H and O–H groups in total. The second-order valence-electron chi connectivity index (χ2n) is 4.27. The van der Waals surface area contributed by atoms with Crippen LogP contribution < -0.4 is 11.1 Å². The van der Waals surface area contributed by atoms with Crippen molar-refractivity contribution < 1.29 is 9.18 Å². The quantitative estimate of drug-likeness (QED) is 0.818. The molecule has 0 aliphatic heterocycles. The first-order valence-corrected chi connectivity index (χ1v) is 5.92. The normalized spacial score (nSPS) is 12.7. The second kappa shape index (κ2) is 6.68. The van der Waals surface area contributed by atoms with Gasteiger partial charge in [-0.05, 0) is 31.8 Å². The molecule has 0 aliphatic rings. The van der Waals surface area contributed by atoms with Crippen LogP contribution in [0.5, 0.6) is 0 Å². The summed E-state index contributed by atoms with van der Waals surface area (Å²) in [7, 11) is 3.84. The molecule has 0 radical (unpaired) electrons. The third-order valence-electron chi connectivity index (χ3n) is 2.47. The summed E-state index contributed by atoms with van der Waals surface area (Å²) in [5.41, 5.74) is 5.78. The van der Waals surface area contributed by atoms with Crippen LogP contribution in [-0.4, -0.2) is 38.0 Å². The number of carbonyl (C=O) groups is 1.